The molecule has 0 aliphatic carbocycles. The molecule has 2 amide bonds. The molecule has 0 aromatic heterocycles. The lowest BCUT2D eigenvalue weighted by molar-refractivity contribution is -0.138. The Morgan fingerprint density at radius 3 is 2.36 bits per heavy atom. The van der Waals surface area contributed by atoms with Gasteiger partial charge in [0.05, 0.1) is 5.75 Å². The lowest BCUT2D eigenvalue weighted by atomic mass is 10.1. The van der Waals surface area contributed by atoms with E-state index in [0.29, 0.717) is 11.6 Å². The predicted molar refractivity (Wildman–Crippen MR) is 103 cm³/mol. The molecular weight excluding hydrogens is 356 g/mol. The zero-order valence-corrected chi connectivity index (χ0v) is 15.8. The van der Waals surface area contributed by atoms with Gasteiger partial charge in [0, 0.05) is 23.5 Å². The molecule has 25 heavy (non-hydrogen) atoms. The van der Waals surface area contributed by atoms with Gasteiger partial charge in [0.2, 0.25) is 11.8 Å². The van der Waals surface area contributed by atoms with Gasteiger partial charge in [-0.2, -0.15) is 0 Å². The van der Waals surface area contributed by atoms with E-state index in [1.807, 2.05) is 42.5 Å². The number of amides is 2. The molecule has 6 heteroatoms. The van der Waals surface area contributed by atoms with Crippen LogP contribution in [0.25, 0.3) is 0 Å². The number of carbonyl (C=O) groups excluding carboxylic acids is 2. The molecule has 0 spiro atoms. The second-order valence-corrected chi connectivity index (χ2v) is 7.03. The molecule has 0 saturated heterocycles. The summed E-state index contributed by atoms with van der Waals surface area (Å²) in [7, 11) is 1.57. The predicted octanol–water partition coefficient (Wildman–Crippen LogP) is 3.60. The average Bonchev–Trinajstić information content (AvgIpc) is 2.65. The third kappa shape index (κ3) is 5.80. The number of thioether (sulfide) groups is 1. The third-order valence-corrected chi connectivity index (χ3v) is 5.03. The Kier molecular flexibility index (Phi) is 7.34. The second-order valence-electron chi connectivity index (χ2n) is 5.54. The first kappa shape index (κ1) is 19.3. The van der Waals surface area contributed by atoms with Gasteiger partial charge in [0.1, 0.15) is 6.04 Å². The number of hydrogen-bond acceptors (Lipinski definition) is 3. The Morgan fingerprint density at radius 1 is 1.12 bits per heavy atom. The van der Waals surface area contributed by atoms with Crippen LogP contribution in [-0.4, -0.2) is 35.6 Å². The van der Waals surface area contributed by atoms with E-state index in [1.165, 1.54) is 11.8 Å². The summed E-state index contributed by atoms with van der Waals surface area (Å²) in [6.07, 6.45) is 0. The van der Waals surface area contributed by atoms with Gasteiger partial charge in [0.15, 0.2) is 0 Å². The lowest BCUT2D eigenvalue weighted by Crippen LogP contribution is -2.47. The van der Waals surface area contributed by atoms with E-state index in [4.69, 9.17) is 11.6 Å². The molecule has 0 bridgehead atoms. The Morgan fingerprint density at radius 2 is 1.76 bits per heavy atom. The van der Waals surface area contributed by atoms with Crippen molar-refractivity contribution < 1.29 is 9.59 Å². The molecule has 0 aliphatic heterocycles. The van der Waals surface area contributed by atoms with Crippen molar-refractivity contribution in [3.63, 3.8) is 0 Å². The van der Waals surface area contributed by atoms with E-state index >= 15 is 0 Å². The topological polar surface area (TPSA) is 49.4 Å². The quantitative estimate of drug-likeness (QED) is 0.751. The summed E-state index contributed by atoms with van der Waals surface area (Å²) in [5.74, 6) is 0.00536. The Labute approximate surface area is 157 Å². The van der Waals surface area contributed by atoms with Crippen molar-refractivity contribution in [2.45, 2.75) is 24.4 Å². The molecule has 0 aliphatic rings. The van der Waals surface area contributed by atoms with E-state index in [2.05, 4.69) is 5.32 Å². The van der Waals surface area contributed by atoms with Crippen molar-refractivity contribution in [2.24, 2.45) is 0 Å². The standard InChI is InChI=1S/C19H21ClN2O2S/c1-14(19(24)21-2)22(12-15-8-10-16(20)11-9-15)18(23)13-25-17-6-4-3-5-7-17/h3-11,14H,12-13H2,1-2H3,(H,21,24)/t14-/m1/s1. The Hall–Kier alpha value is -1.98. The SMILES string of the molecule is CNC(=O)[C@@H](C)N(Cc1ccc(Cl)cc1)C(=O)CSc1ccccc1. The van der Waals surface area contributed by atoms with Gasteiger partial charge in [-0.1, -0.05) is 41.9 Å². The average molecular weight is 377 g/mol. The van der Waals surface area contributed by atoms with E-state index in [0.717, 1.165) is 10.5 Å². The monoisotopic (exact) mass is 376 g/mol. The highest BCUT2D eigenvalue weighted by Crippen LogP contribution is 2.19. The lowest BCUT2D eigenvalue weighted by Gasteiger charge is -2.28. The van der Waals surface area contributed by atoms with E-state index in [-0.39, 0.29) is 17.6 Å². The van der Waals surface area contributed by atoms with Crippen LogP contribution in [0.5, 0.6) is 0 Å². The molecular formula is C19H21ClN2O2S. The number of benzene rings is 2. The number of hydrogen-bond donors (Lipinski definition) is 1. The first-order valence-electron chi connectivity index (χ1n) is 7.94. The minimum atomic E-state index is -0.551. The summed E-state index contributed by atoms with van der Waals surface area (Å²) < 4.78 is 0. The number of likely N-dealkylation sites (N-methyl/N-ethyl adjacent to an activating group) is 1. The normalized spacial score (nSPS) is 11.6. The fraction of sp³-hybridized carbons (Fsp3) is 0.263. The van der Waals surface area contributed by atoms with Gasteiger partial charge in [-0.15, -0.1) is 11.8 Å². The van der Waals surface area contributed by atoms with Crippen LogP contribution < -0.4 is 5.32 Å². The number of halogens is 1. The summed E-state index contributed by atoms with van der Waals surface area (Å²) in [5.41, 5.74) is 0.929. The zero-order valence-electron chi connectivity index (χ0n) is 14.2. The molecule has 0 radical (unpaired) electrons. The van der Waals surface area contributed by atoms with Gasteiger partial charge >= 0.3 is 0 Å². The smallest absolute Gasteiger partial charge is 0.242 e. The summed E-state index contributed by atoms with van der Waals surface area (Å²) in [6, 6.07) is 16.5. The third-order valence-electron chi connectivity index (χ3n) is 3.79. The summed E-state index contributed by atoms with van der Waals surface area (Å²) in [5, 5.41) is 3.25. The number of rotatable bonds is 7. The molecule has 1 atom stereocenters. The van der Waals surface area contributed by atoms with Crippen LogP contribution in [0.4, 0.5) is 0 Å². The van der Waals surface area contributed by atoms with Crippen LogP contribution in [0.3, 0.4) is 0 Å². The Bertz CT molecular complexity index is 707. The minimum Gasteiger partial charge on any atom is -0.357 e. The van der Waals surface area contributed by atoms with Crippen LogP contribution in [0.1, 0.15) is 12.5 Å². The van der Waals surface area contributed by atoms with Crippen molar-refractivity contribution in [3.8, 4) is 0 Å². The molecule has 0 unspecified atom stereocenters. The van der Waals surface area contributed by atoms with Crippen molar-refractivity contribution in [3.05, 3.63) is 65.2 Å². The number of nitrogens with one attached hydrogen (secondary N) is 1. The molecule has 0 saturated carbocycles. The van der Waals surface area contributed by atoms with Crippen molar-refractivity contribution in [2.75, 3.05) is 12.8 Å². The van der Waals surface area contributed by atoms with E-state index in [9.17, 15) is 9.59 Å². The van der Waals surface area contributed by atoms with Crippen LogP contribution >= 0.6 is 23.4 Å². The van der Waals surface area contributed by atoms with Crippen molar-refractivity contribution >= 4 is 35.2 Å². The largest absolute Gasteiger partial charge is 0.357 e. The molecule has 0 fully saturated rings. The van der Waals surface area contributed by atoms with Crippen molar-refractivity contribution in [1.82, 2.24) is 10.2 Å². The summed E-state index contributed by atoms with van der Waals surface area (Å²) >= 11 is 7.38. The highest BCUT2D eigenvalue weighted by atomic mass is 35.5. The molecule has 0 heterocycles. The van der Waals surface area contributed by atoms with Gasteiger partial charge in [-0.05, 0) is 36.8 Å². The molecule has 4 nitrogen and oxygen atoms in total. The van der Waals surface area contributed by atoms with Crippen LogP contribution in [-0.2, 0) is 16.1 Å². The summed E-state index contributed by atoms with van der Waals surface area (Å²) in [6.45, 7) is 2.10. The maximum atomic E-state index is 12.7. The molecule has 2 aromatic carbocycles. The fourth-order valence-electron chi connectivity index (χ4n) is 2.32. The highest BCUT2D eigenvalue weighted by Gasteiger charge is 2.25. The fourth-order valence-corrected chi connectivity index (χ4v) is 3.25. The van der Waals surface area contributed by atoms with E-state index in [1.54, 1.807) is 31.0 Å². The maximum absolute atomic E-state index is 12.7. The van der Waals surface area contributed by atoms with Gasteiger partial charge < -0.3 is 10.2 Å². The molecule has 2 aromatic rings. The summed E-state index contributed by atoms with van der Waals surface area (Å²) in [4.78, 5) is 27.4. The minimum absolute atomic E-state index is 0.0834. The first-order valence-corrected chi connectivity index (χ1v) is 9.31. The van der Waals surface area contributed by atoms with Crippen molar-refractivity contribution in [1.29, 1.82) is 0 Å². The zero-order chi connectivity index (χ0) is 18.2. The van der Waals surface area contributed by atoms with Crippen LogP contribution in [0, 0.1) is 0 Å². The highest BCUT2D eigenvalue weighted by molar-refractivity contribution is 8.00. The van der Waals surface area contributed by atoms with Gasteiger partial charge in [-0.3, -0.25) is 9.59 Å². The second kappa shape index (κ2) is 9.49. The van der Waals surface area contributed by atoms with Crippen LogP contribution in [0.2, 0.25) is 5.02 Å². The first-order chi connectivity index (χ1) is 12.0. The van der Waals surface area contributed by atoms with Gasteiger partial charge in [0.25, 0.3) is 0 Å². The van der Waals surface area contributed by atoms with Gasteiger partial charge in [-0.25, -0.2) is 0 Å². The number of carbonyl (C=O) groups is 2. The van der Waals surface area contributed by atoms with Crippen LogP contribution in [0.15, 0.2) is 59.5 Å². The molecule has 2 rings (SSSR count). The Balaban J connectivity index is 2.10. The maximum Gasteiger partial charge on any atom is 0.242 e. The molecule has 1 N–H and O–H groups in total. The molecule has 132 valence electrons. The number of nitrogens with zero attached hydrogens (tertiary/aromatic N) is 1. The van der Waals surface area contributed by atoms with E-state index < -0.39 is 6.04 Å².